The molecule has 4 rings (SSSR count). The molecule has 2 aromatic rings. The SMILES string of the molecule is O=C(Cc1csc(-c2cccs2)n1)N1C[C@H]2CNC[C@H]2C1. The van der Waals surface area contributed by atoms with Crippen LogP contribution in [0.3, 0.4) is 0 Å². The Balaban J connectivity index is 1.41. The van der Waals surface area contributed by atoms with Crippen molar-refractivity contribution in [2.45, 2.75) is 6.42 Å². The molecule has 4 nitrogen and oxygen atoms in total. The van der Waals surface area contributed by atoms with Gasteiger partial charge in [0, 0.05) is 31.6 Å². The summed E-state index contributed by atoms with van der Waals surface area (Å²) < 4.78 is 0. The topological polar surface area (TPSA) is 45.2 Å². The monoisotopic (exact) mass is 319 g/mol. The van der Waals surface area contributed by atoms with Gasteiger partial charge in [-0.2, -0.15) is 0 Å². The van der Waals surface area contributed by atoms with Crippen LogP contribution in [0.2, 0.25) is 0 Å². The lowest BCUT2D eigenvalue weighted by Crippen LogP contribution is -2.33. The second kappa shape index (κ2) is 5.51. The average Bonchev–Trinajstić information content (AvgIpc) is 3.22. The molecule has 4 heterocycles. The number of carbonyl (C=O) groups is 1. The van der Waals surface area contributed by atoms with Crippen LogP contribution in [0, 0.1) is 11.8 Å². The lowest BCUT2D eigenvalue weighted by atomic mass is 10.0. The van der Waals surface area contributed by atoms with Crippen LogP contribution in [-0.2, 0) is 11.2 Å². The number of nitrogens with one attached hydrogen (secondary N) is 1. The molecule has 0 aliphatic carbocycles. The zero-order valence-electron chi connectivity index (χ0n) is 11.6. The molecular weight excluding hydrogens is 302 g/mol. The van der Waals surface area contributed by atoms with Crippen molar-refractivity contribution in [1.82, 2.24) is 15.2 Å². The average molecular weight is 319 g/mol. The lowest BCUT2D eigenvalue weighted by molar-refractivity contribution is -0.129. The summed E-state index contributed by atoms with van der Waals surface area (Å²) in [6, 6.07) is 4.10. The second-order valence-corrected chi connectivity index (χ2v) is 7.58. The van der Waals surface area contributed by atoms with Gasteiger partial charge in [-0.15, -0.1) is 22.7 Å². The molecule has 1 N–H and O–H groups in total. The number of likely N-dealkylation sites (tertiary alicyclic amines) is 1. The van der Waals surface area contributed by atoms with Crippen molar-refractivity contribution >= 4 is 28.6 Å². The third-order valence-electron chi connectivity index (χ3n) is 4.36. The number of nitrogens with zero attached hydrogens (tertiary/aromatic N) is 2. The summed E-state index contributed by atoms with van der Waals surface area (Å²) in [6.07, 6.45) is 0.439. The first-order chi connectivity index (χ1) is 10.3. The maximum absolute atomic E-state index is 12.4. The molecule has 2 aliphatic heterocycles. The van der Waals surface area contributed by atoms with E-state index in [1.165, 1.54) is 4.88 Å². The van der Waals surface area contributed by atoms with Crippen molar-refractivity contribution in [1.29, 1.82) is 0 Å². The largest absolute Gasteiger partial charge is 0.342 e. The first kappa shape index (κ1) is 13.4. The van der Waals surface area contributed by atoms with Crippen LogP contribution in [-0.4, -0.2) is 42.0 Å². The third kappa shape index (κ3) is 2.63. The number of hydrogen-bond donors (Lipinski definition) is 1. The predicted molar refractivity (Wildman–Crippen MR) is 85.6 cm³/mol. The highest BCUT2D eigenvalue weighted by Crippen LogP contribution is 2.29. The number of fused-ring (bicyclic) bond motifs is 1. The maximum Gasteiger partial charge on any atom is 0.228 e. The van der Waals surface area contributed by atoms with Gasteiger partial charge < -0.3 is 10.2 Å². The van der Waals surface area contributed by atoms with Crippen LogP contribution < -0.4 is 5.32 Å². The number of hydrogen-bond acceptors (Lipinski definition) is 5. The summed E-state index contributed by atoms with van der Waals surface area (Å²) >= 11 is 3.32. The summed E-state index contributed by atoms with van der Waals surface area (Å²) in [6.45, 7) is 3.96. The van der Waals surface area contributed by atoms with Gasteiger partial charge in [-0.25, -0.2) is 4.98 Å². The fourth-order valence-electron chi connectivity index (χ4n) is 3.23. The van der Waals surface area contributed by atoms with E-state index in [1.54, 1.807) is 22.7 Å². The first-order valence-corrected chi connectivity index (χ1v) is 9.02. The molecule has 0 saturated carbocycles. The van der Waals surface area contributed by atoms with Gasteiger partial charge in [0.05, 0.1) is 17.0 Å². The zero-order valence-corrected chi connectivity index (χ0v) is 13.3. The molecule has 0 spiro atoms. The molecule has 2 aromatic heterocycles. The van der Waals surface area contributed by atoms with E-state index in [-0.39, 0.29) is 5.91 Å². The van der Waals surface area contributed by atoms with Gasteiger partial charge in [0.15, 0.2) is 0 Å². The fourth-order valence-corrected chi connectivity index (χ4v) is 4.86. The Labute approximate surface area is 131 Å². The smallest absolute Gasteiger partial charge is 0.228 e. The molecule has 0 unspecified atom stereocenters. The van der Waals surface area contributed by atoms with Gasteiger partial charge in [-0.05, 0) is 23.3 Å². The van der Waals surface area contributed by atoms with E-state index in [0.29, 0.717) is 18.3 Å². The standard InChI is InChI=1S/C15H17N3OS2/c19-14(18-7-10-5-16-6-11(10)8-18)4-12-9-21-15(17-12)13-2-1-3-20-13/h1-3,9-11,16H,4-8H2/t10-,11+. The highest BCUT2D eigenvalue weighted by molar-refractivity contribution is 7.20. The molecule has 2 saturated heterocycles. The summed E-state index contributed by atoms with van der Waals surface area (Å²) in [5, 5.41) is 8.50. The quantitative estimate of drug-likeness (QED) is 0.942. The Morgan fingerprint density at radius 3 is 2.86 bits per heavy atom. The second-order valence-electron chi connectivity index (χ2n) is 5.78. The minimum Gasteiger partial charge on any atom is -0.342 e. The van der Waals surface area contributed by atoms with Crippen LogP contribution in [0.1, 0.15) is 5.69 Å². The Morgan fingerprint density at radius 1 is 1.33 bits per heavy atom. The van der Waals surface area contributed by atoms with Crippen LogP contribution in [0.15, 0.2) is 22.9 Å². The van der Waals surface area contributed by atoms with E-state index >= 15 is 0 Å². The number of aromatic nitrogens is 1. The maximum atomic E-state index is 12.4. The highest BCUT2D eigenvalue weighted by atomic mass is 32.1. The van der Waals surface area contributed by atoms with Crippen molar-refractivity contribution in [3.05, 3.63) is 28.6 Å². The first-order valence-electron chi connectivity index (χ1n) is 7.26. The molecule has 1 amide bonds. The minimum absolute atomic E-state index is 0.229. The van der Waals surface area contributed by atoms with Crippen molar-refractivity contribution in [2.75, 3.05) is 26.2 Å². The highest BCUT2D eigenvalue weighted by Gasteiger charge is 2.37. The van der Waals surface area contributed by atoms with E-state index in [9.17, 15) is 4.79 Å². The van der Waals surface area contributed by atoms with E-state index in [0.717, 1.165) is 36.9 Å². The molecule has 0 bridgehead atoms. The molecular formula is C15H17N3OS2. The zero-order chi connectivity index (χ0) is 14.2. The Morgan fingerprint density at radius 2 is 2.14 bits per heavy atom. The molecule has 0 aromatic carbocycles. The van der Waals surface area contributed by atoms with E-state index in [2.05, 4.69) is 21.7 Å². The van der Waals surface area contributed by atoms with Gasteiger partial charge in [-0.1, -0.05) is 6.07 Å². The van der Waals surface area contributed by atoms with Crippen molar-refractivity contribution in [3.8, 4) is 9.88 Å². The molecule has 21 heavy (non-hydrogen) atoms. The molecule has 2 atom stereocenters. The van der Waals surface area contributed by atoms with E-state index < -0.39 is 0 Å². The molecule has 6 heteroatoms. The predicted octanol–water partition coefficient (Wildman–Crippen LogP) is 2.09. The number of carbonyl (C=O) groups excluding carboxylic acids is 1. The van der Waals surface area contributed by atoms with Crippen LogP contribution in [0.5, 0.6) is 0 Å². The Hall–Kier alpha value is -1.24. The summed E-state index contributed by atoms with van der Waals surface area (Å²) in [7, 11) is 0. The summed E-state index contributed by atoms with van der Waals surface area (Å²) in [4.78, 5) is 20.2. The number of thiazole rings is 1. The van der Waals surface area contributed by atoms with Crippen LogP contribution >= 0.6 is 22.7 Å². The summed E-state index contributed by atoms with van der Waals surface area (Å²) in [5.41, 5.74) is 0.906. The lowest BCUT2D eigenvalue weighted by Gasteiger charge is -2.16. The number of amides is 1. The van der Waals surface area contributed by atoms with E-state index in [4.69, 9.17) is 0 Å². The van der Waals surface area contributed by atoms with Gasteiger partial charge in [-0.3, -0.25) is 4.79 Å². The molecule has 0 radical (unpaired) electrons. The van der Waals surface area contributed by atoms with Crippen LogP contribution in [0.25, 0.3) is 9.88 Å². The number of thiophene rings is 1. The van der Waals surface area contributed by atoms with E-state index in [1.807, 2.05) is 16.3 Å². The van der Waals surface area contributed by atoms with Gasteiger partial charge in [0.25, 0.3) is 0 Å². The normalized spacial score (nSPS) is 24.5. The fraction of sp³-hybridized carbons (Fsp3) is 0.467. The Bertz CT molecular complexity index is 625. The Kier molecular flexibility index (Phi) is 3.52. The molecule has 2 fully saturated rings. The summed E-state index contributed by atoms with van der Waals surface area (Å²) in [5.74, 6) is 1.55. The molecule has 2 aliphatic rings. The van der Waals surface area contributed by atoms with Gasteiger partial charge >= 0.3 is 0 Å². The van der Waals surface area contributed by atoms with Crippen molar-refractivity contribution in [2.24, 2.45) is 11.8 Å². The number of rotatable bonds is 3. The van der Waals surface area contributed by atoms with Crippen LogP contribution in [0.4, 0.5) is 0 Å². The van der Waals surface area contributed by atoms with Crippen molar-refractivity contribution < 1.29 is 4.79 Å². The minimum atomic E-state index is 0.229. The van der Waals surface area contributed by atoms with Gasteiger partial charge in [0.2, 0.25) is 5.91 Å². The molecule has 110 valence electrons. The third-order valence-corrected chi connectivity index (χ3v) is 6.29. The van der Waals surface area contributed by atoms with Crippen molar-refractivity contribution in [3.63, 3.8) is 0 Å². The van der Waals surface area contributed by atoms with Gasteiger partial charge in [0.1, 0.15) is 5.01 Å².